The van der Waals surface area contributed by atoms with Gasteiger partial charge in [0.25, 0.3) is 5.91 Å². The molecule has 1 aromatic heterocycles. The molecule has 0 saturated carbocycles. The van der Waals surface area contributed by atoms with Gasteiger partial charge >= 0.3 is 5.97 Å². The predicted molar refractivity (Wildman–Crippen MR) is 171 cm³/mol. The molecule has 4 aliphatic heterocycles. The van der Waals surface area contributed by atoms with Crippen molar-refractivity contribution in [3.05, 3.63) is 68.9 Å². The first-order valence-corrected chi connectivity index (χ1v) is 16.2. The number of nitrogens with one attached hydrogen (secondary N) is 4. The lowest BCUT2D eigenvalue weighted by Gasteiger charge is -2.20. The fraction of sp³-hybridized carbons (Fsp3) is 0.485. The van der Waals surface area contributed by atoms with E-state index in [4.69, 9.17) is 0 Å². The Kier molecular flexibility index (Phi) is 9.29. The number of aliphatic carboxylic acids is 1. The Balaban J connectivity index is 1.51. The molecule has 5 rings (SSSR count). The number of rotatable bonds is 12. The molecule has 4 aliphatic rings. The lowest BCUT2D eigenvalue weighted by molar-refractivity contribution is -0.137. The number of carbonyl (C=O) groups excluding carboxylic acids is 2. The zero-order chi connectivity index (χ0) is 31.9. The summed E-state index contributed by atoms with van der Waals surface area (Å²) in [5.41, 5.74) is 8.64. The first kappa shape index (κ1) is 31.9. The van der Waals surface area contributed by atoms with Crippen LogP contribution in [0.2, 0.25) is 0 Å². The fourth-order valence-electron chi connectivity index (χ4n) is 6.70. The SMILES string of the molecule is C=CC1=C(C)[C@@H](CC2N/C(=C\c3[nH]c(/C=C4\NC(=O)[C@H](C)[C@H]4[C@@H]4CS4)c(C)c3CCC(=O)O)C(CCC(O)O)=C2C)NC1=O. The molecule has 7 N–H and O–H groups in total. The number of amides is 2. The molecule has 5 heterocycles. The molecule has 2 saturated heterocycles. The molecular formula is C33H42N4O6S. The van der Waals surface area contributed by atoms with Gasteiger partial charge in [0.1, 0.15) is 0 Å². The zero-order valence-electron chi connectivity index (χ0n) is 25.6. The molecule has 0 radical (unpaired) electrons. The Morgan fingerprint density at radius 3 is 2.39 bits per heavy atom. The van der Waals surface area contributed by atoms with Gasteiger partial charge in [-0.15, -0.1) is 0 Å². The molecule has 0 spiro atoms. The Labute approximate surface area is 261 Å². The van der Waals surface area contributed by atoms with Gasteiger partial charge in [-0.05, 0) is 80.0 Å². The number of carboxylic acids is 1. The molecule has 5 atom stereocenters. The third kappa shape index (κ3) is 6.45. The van der Waals surface area contributed by atoms with E-state index >= 15 is 0 Å². The van der Waals surface area contributed by atoms with Crippen LogP contribution in [0, 0.1) is 18.8 Å². The minimum atomic E-state index is -1.45. The normalized spacial score (nSPS) is 28.4. The third-order valence-electron chi connectivity index (χ3n) is 9.45. The summed E-state index contributed by atoms with van der Waals surface area (Å²) in [4.78, 5) is 40.1. The summed E-state index contributed by atoms with van der Waals surface area (Å²) in [6, 6.07) is -0.269. The smallest absolute Gasteiger partial charge is 0.303 e. The maximum atomic E-state index is 12.6. The number of thioether (sulfide) groups is 1. The van der Waals surface area contributed by atoms with E-state index in [0.717, 1.165) is 56.4 Å². The lowest BCUT2D eigenvalue weighted by Crippen LogP contribution is -2.36. The molecule has 2 amide bonds. The number of carbonyl (C=O) groups is 3. The highest BCUT2D eigenvalue weighted by Crippen LogP contribution is 2.46. The van der Waals surface area contributed by atoms with Crippen LogP contribution in [0.1, 0.15) is 69.0 Å². The Bertz CT molecular complexity index is 1510. The van der Waals surface area contributed by atoms with Crippen LogP contribution in [0.25, 0.3) is 12.2 Å². The summed E-state index contributed by atoms with van der Waals surface area (Å²) in [5, 5.41) is 39.0. The first-order valence-electron chi connectivity index (χ1n) is 15.1. The van der Waals surface area contributed by atoms with Gasteiger partial charge in [-0.25, -0.2) is 0 Å². The minimum Gasteiger partial charge on any atom is -0.481 e. The summed E-state index contributed by atoms with van der Waals surface area (Å²) >= 11 is 1.85. The van der Waals surface area contributed by atoms with E-state index in [0.29, 0.717) is 30.1 Å². The molecule has 0 aliphatic carbocycles. The number of hydrogen-bond donors (Lipinski definition) is 7. The maximum Gasteiger partial charge on any atom is 0.303 e. The van der Waals surface area contributed by atoms with Crippen LogP contribution < -0.4 is 16.0 Å². The van der Waals surface area contributed by atoms with Crippen molar-refractivity contribution < 1.29 is 29.7 Å². The Morgan fingerprint density at radius 2 is 1.77 bits per heavy atom. The molecule has 11 heteroatoms. The summed E-state index contributed by atoms with van der Waals surface area (Å²) < 4.78 is 0. The second-order valence-corrected chi connectivity index (χ2v) is 13.5. The summed E-state index contributed by atoms with van der Waals surface area (Å²) in [6.45, 7) is 11.6. The molecule has 1 aromatic rings. The molecule has 236 valence electrons. The third-order valence-corrected chi connectivity index (χ3v) is 10.5. The molecule has 2 fully saturated rings. The number of allylic oxidation sites excluding steroid dienone is 2. The van der Waals surface area contributed by atoms with E-state index in [2.05, 4.69) is 27.5 Å². The molecule has 0 aromatic carbocycles. The number of aromatic nitrogens is 1. The van der Waals surface area contributed by atoms with Crippen LogP contribution in [0.15, 0.2) is 46.3 Å². The van der Waals surface area contributed by atoms with Gasteiger partial charge in [0, 0.05) is 70.1 Å². The average molecular weight is 623 g/mol. The largest absolute Gasteiger partial charge is 0.481 e. The fourth-order valence-corrected chi connectivity index (χ4v) is 7.61. The van der Waals surface area contributed by atoms with Crippen LogP contribution in [0.4, 0.5) is 0 Å². The van der Waals surface area contributed by atoms with Crippen molar-refractivity contribution in [1.29, 1.82) is 0 Å². The van der Waals surface area contributed by atoms with Crippen molar-refractivity contribution in [2.45, 2.75) is 83.4 Å². The minimum absolute atomic E-state index is 0.0210. The maximum absolute atomic E-state index is 12.6. The Morgan fingerprint density at radius 1 is 1.07 bits per heavy atom. The topological polar surface area (TPSA) is 164 Å². The standard InChI is InChI=1S/C33H42N4O6S/c1-6-19-15(2)24(36-33(19)43)11-22-16(3)20(7-9-29(38)39)25(34-22)13-26-21(8-10-30(40)41)17(4)23(35-26)12-27-31(28-14-44-28)18(5)32(42)37-27/h6,12-13,18,22,24,28-29,31,34-35,38-39H,1,7-11,14H2,2-5H3,(H,36,43)(H,37,42)(H,40,41)/b25-13-,27-12-/t18-,22?,24-,28+,31-/m1/s1. The van der Waals surface area contributed by atoms with Gasteiger partial charge in [-0.1, -0.05) is 19.6 Å². The highest BCUT2D eigenvalue weighted by atomic mass is 32.2. The van der Waals surface area contributed by atoms with Crippen molar-refractivity contribution in [2.24, 2.45) is 11.8 Å². The summed E-state index contributed by atoms with van der Waals surface area (Å²) in [7, 11) is 0. The predicted octanol–water partition coefficient (Wildman–Crippen LogP) is 3.29. The van der Waals surface area contributed by atoms with Gasteiger partial charge < -0.3 is 36.3 Å². The van der Waals surface area contributed by atoms with Crippen molar-refractivity contribution >= 4 is 41.7 Å². The van der Waals surface area contributed by atoms with E-state index in [1.807, 2.05) is 51.6 Å². The first-order chi connectivity index (χ1) is 20.9. The van der Waals surface area contributed by atoms with Crippen LogP contribution in [0.3, 0.4) is 0 Å². The van der Waals surface area contributed by atoms with Gasteiger partial charge in [0.05, 0.1) is 6.04 Å². The summed E-state index contributed by atoms with van der Waals surface area (Å²) in [5.74, 6) is 0.0444. The zero-order valence-corrected chi connectivity index (χ0v) is 26.4. The molecule has 10 nitrogen and oxygen atoms in total. The van der Waals surface area contributed by atoms with Gasteiger partial charge in [-0.3, -0.25) is 14.4 Å². The van der Waals surface area contributed by atoms with Crippen LogP contribution in [-0.2, 0) is 20.8 Å². The highest BCUT2D eigenvalue weighted by Gasteiger charge is 2.45. The van der Waals surface area contributed by atoms with Crippen molar-refractivity contribution in [1.82, 2.24) is 20.9 Å². The molecule has 1 unspecified atom stereocenters. The van der Waals surface area contributed by atoms with E-state index < -0.39 is 12.3 Å². The molecular weight excluding hydrogens is 580 g/mol. The number of aromatic amines is 1. The second-order valence-electron chi connectivity index (χ2n) is 12.2. The highest BCUT2D eigenvalue weighted by molar-refractivity contribution is 8.06. The number of aliphatic hydroxyl groups excluding tert-OH is 1. The number of carboxylic acid groups (broad SMARTS) is 1. The van der Waals surface area contributed by atoms with Crippen molar-refractivity contribution in [3.8, 4) is 0 Å². The van der Waals surface area contributed by atoms with Crippen LogP contribution in [-0.4, -0.2) is 67.5 Å². The number of hydrogen-bond acceptors (Lipinski definition) is 7. The van der Waals surface area contributed by atoms with E-state index in [1.54, 1.807) is 6.08 Å². The molecule has 0 bridgehead atoms. The van der Waals surface area contributed by atoms with Gasteiger partial charge in [0.2, 0.25) is 5.91 Å². The van der Waals surface area contributed by atoms with E-state index in [-0.39, 0.29) is 48.6 Å². The van der Waals surface area contributed by atoms with Crippen molar-refractivity contribution in [3.63, 3.8) is 0 Å². The van der Waals surface area contributed by atoms with Gasteiger partial charge in [0.15, 0.2) is 6.29 Å². The van der Waals surface area contributed by atoms with E-state index in [1.165, 1.54) is 0 Å². The second kappa shape index (κ2) is 12.8. The van der Waals surface area contributed by atoms with Crippen LogP contribution in [0.5, 0.6) is 0 Å². The Hall–Kier alpha value is -3.54. The number of aliphatic hydroxyl groups is 2. The quantitative estimate of drug-likeness (QED) is 0.138. The average Bonchev–Trinajstić information content (AvgIpc) is 3.53. The monoisotopic (exact) mass is 622 g/mol. The van der Waals surface area contributed by atoms with E-state index in [9.17, 15) is 29.7 Å². The van der Waals surface area contributed by atoms with Crippen molar-refractivity contribution in [2.75, 3.05) is 5.75 Å². The molecule has 44 heavy (non-hydrogen) atoms. The van der Waals surface area contributed by atoms with Crippen LogP contribution >= 0.6 is 11.8 Å². The lowest BCUT2D eigenvalue weighted by atomic mass is 9.91. The number of H-pyrrole nitrogens is 1. The summed E-state index contributed by atoms with van der Waals surface area (Å²) in [6.07, 6.45) is 5.57. The van der Waals surface area contributed by atoms with Gasteiger partial charge in [-0.2, -0.15) is 11.8 Å².